The van der Waals surface area contributed by atoms with Crippen LogP contribution in [0.4, 0.5) is 0 Å². The second-order valence-corrected chi connectivity index (χ2v) is 3.96. The molecule has 0 saturated heterocycles. The summed E-state index contributed by atoms with van der Waals surface area (Å²) in [6.45, 7) is 6.06. The first-order chi connectivity index (χ1) is 5.50. The summed E-state index contributed by atoms with van der Waals surface area (Å²) in [6.07, 6.45) is 3.09. The number of hydrogen-bond donors (Lipinski definition) is 0. The first kappa shape index (κ1) is 9.30. The maximum atomic E-state index is 11.2. The number of rotatable bonds is 2. The second kappa shape index (κ2) is 2.92. The van der Waals surface area contributed by atoms with Crippen LogP contribution in [-0.2, 0) is 9.53 Å². The van der Waals surface area contributed by atoms with Crippen molar-refractivity contribution in [1.29, 1.82) is 0 Å². The average molecular weight is 168 g/mol. The van der Waals surface area contributed by atoms with Gasteiger partial charge in [0.25, 0.3) is 0 Å². The van der Waals surface area contributed by atoms with Crippen molar-refractivity contribution in [2.45, 2.75) is 27.2 Å². The summed E-state index contributed by atoms with van der Waals surface area (Å²) >= 11 is 0. The van der Waals surface area contributed by atoms with E-state index in [4.69, 9.17) is 4.74 Å². The fourth-order valence-corrected chi connectivity index (χ4v) is 1.51. The summed E-state index contributed by atoms with van der Waals surface area (Å²) in [5.41, 5.74) is 1.04. The summed E-state index contributed by atoms with van der Waals surface area (Å²) in [5.74, 6) is 0.319. The van der Waals surface area contributed by atoms with Crippen molar-refractivity contribution in [1.82, 2.24) is 0 Å². The third-order valence-corrected chi connectivity index (χ3v) is 2.49. The van der Waals surface area contributed by atoms with E-state index in [0.29, 0.717) is 5.92 Å². The van der Waals surface area contributed by atoms with Crippen molar-refractivity contribution in [3.8, 4) is 0 Å². The molecule has 0 aliphatic heterocycles. The van der Waals surface area contributed by atoms with Gasteiger partial charge >= 0.3 is 5.97 Å². The Morgan fingerprint density at radius 3 is 2.58 bits per heavy atom. The molecule has 1 aliphatic rings. The van der Waals surface area contributed by atoms with E-state index in [1.165, 1.54) is 12.7 Å². The molecule has 0 unspecified atom stereocenters. The van der Waals surface area contributed by atoms with Gasteiger partial charge < -0.3 is 4.74 Å². The van der Waals surface area contributed by atoms with Crippen LogP contribution in [0.1, 0.15) is 27.2 Å². The van der Waals surface area contributed by atoms with Gasteiger partial charge in [0, 0.05) is 0 Å². The number of carbonyl (C=O) groups excluding carboxylic acids is 1. The molecule has 0 aromatic heterocycles. The maximum absolute atomic E-state index is 11.2. The molecule has 0 aromatic carbocycles. The van der Waals surface area contributed by atoms with Gasteiger partial charge in [-0.3, -0.25) is 4.79 Å². The van der Waals surface area contributed by atoms with Crippen molar-refractivity contribution in [2.24, 2.45) is 11.3 Å². The third-order valence-electron chi connectivity index (χ3n) is 2.49. The van der Waals surface area contributed by atoms with Crippen molar-refractivity contribution >= 4 is 5.97 Å². The highest BCUT2D eigenvalue weighted by molar-refractivity contribution is 5.80. The molecule has 1 aliphatic carbocycles. The number of methoxy groups -OCH3 is 1. The van der Waals surface area contributed by atoms with E-state index in [1.54, 1.807) is 0 Å². The van der Waals surface area contributed by atoms with Crippen molar-refractivity contribution < 1.29 is 9.53 Å². The van der Waals surface area contributed by atoms with Gasteiger partial charge in [0.1, 0.15) is 0 Å². The molecule has 1 rings (SSSR count). The molecule has 0 N–H and O–H groups in total. The topological polar surface area (TPSA) is 26.3 Å². The smallest absolute Gasteiger partial charge is 0.312 e. The first-order valence-electron chi connectivity index (χ1n) is 4.24. The fraction of sp³-hybridized carbons (Fsp3) is 0.700. The molecule has 12 heavy (non-hydrogen) atoms. The lowest BCUT2D eigenvalue weighted by molar-refractivity contribution is -0.146. The predicted molar refractivity (Wildman–Crippen MR) is 47.7 cm³/mol. The van der Waals surface area contributed by atoms with Gasteiger partial charge in [-0.1, -0.05) is 11.6 Å². The number of esters is 1. The summed E-state index contributed by atoms with van der Waals surface area (Å²) in [5, 5.41) is 0. The molecule has 2 atom stereocenters. The van der Waals surface area contributed by atoms with Crippen molar-refractivity contribution in [3.05, 3.63) is 11.6 Å². The van der Waals surface area contributed by atoms with Crippen molar-refractivity contribution in [3.63, 3.8) is 0 Å². The number of allylic oxidation sites excluding steroid dienone is 2. The van der Waals surface area contributed by atoms with E-state index in [-0.39, 0.29) is 11.4 Å². The van der Waals surface area contributed by atoms with E-state index < -0.39 is 0 Å². The van der Waals surface area contributed by atoms with Crippen LogP contribution < -0.4 is 0 Å². The quantitative estimate of drug-likeness (QED) is 0.466. The monoisotopic (exact) mass is 168 g/mol. The molecule has 2 nitrogen and oxygen atoms in total. The summed E-state index contributed by atoms with van der Waals surface area (Å²) in [4.78, 5) is 11.2. The first-order valence-corrected chi connectivity index (χ1v) is 4.24. The van der Waals surface area contributed by atoms with Crippen LogP contribution in [0.5, 0.6) is 0 Å². The predicted octanol–water partition coefficient (Wildman–Crippen LogP) is 2.15. The van der Waals surface area contributed by atoms with Gasteiger partial charge in [0.15, 0.2) is 0 Å². The highest BCUT2D eigenvalue weighted by atomic mass is 16.5. The van der Waals surface area contributed by atoms with Gasteiger partial charge in [-0.15, -0.1) is 0 Å². The zero-order chi connectivity index (χ0) is 9.35. The fourth-order valence-electron chi connectivity index (χ4n) is 1.51. The SMILES string of the molecule is COC(=O)[C@]1(C)C[C@H]1C=C(C)C. The van der Waals surface area contributed by atoms with Gasteiger partial charge in [-0.25, -0.2) is 0 Å². The lowest BCUT2D eigenvalue weighted by Gasteiger charge is -2.05. The second-order valence-electron chi connectivity index (χ2n) is 3.96. The molecular formula is C10H16O2. The molecule has 0 spiro atoms. The van der Waals surface area contributed by atoms with Crippen LogP contribution >= 0.6 is 0 Å². The summed E-state index contributed by atoms with van der Waals surface area (Å²) in [7, 11) is 1.45. The highest BCUT2D eigenvalue weighted by Gasteiger charge is 2.55. The lowest BCUT2D eigenvalue weighted by atomic mass is 10.1. The standard InChI is InChI=1S/C10H16O2/c1-7(2)5-8-6-10(8,3)9(11)12-4/h5,8H,6H2,1-4H3/t8-,10-/m1/s1. The molecule has 68 valence electrons. The Morgan fingerprint density at radius 1 is 1.58 bits per heavy atom. The van der Waals surface area contributed by atoms with Gasteiger partial charge in [0.05, 0.1) is 12.5 Å². The molecule has 1 saturated carbocycles. The van der Waals surface area contributed by atoms with E-state index in [9.17, 15) is 4.79 Å². The minimum absolute atomic E-state index is 0.0787. The molecule has 0 aromatic rings. The average Bonchev–Trinajstić information content (AvgIpc) is 2.60. The molecule has 0 bridgehead atoms. The van der Waals surface area contributed by atoms with Gasteiger partial charge in [-0.2, -0.15) is 0 Å². The molecule has 0 radical (unpaired) electrons. The molecule has 0 heterocycles. The maximum Gasteiger partial charge on any atom is 0.312 e. The Bertz CT molecular complexity index is 226. The number of carbonyl (C=O) groups is 1. The largest absolute Gasteiger partial charge is 0.469 e. The number of hydrogen-bond acceptors (Lipinski definition) is 2. The van der Waals surface area contributed by atoms with Gasteiger partial charge in [0.2, 0.25) is 0 Å². The lowest BCUT2D eigenvalue weighted by Crippen LogP contribution is -2.15. The molecule has 0 amide bonds. The van der Waals surface area contributed by atoms with Crippen LogP contribution in [0.25, 0.3) is 0 Å². The highest BCUT2D eigenvalue weighted by Crippen LogP contribution is 2.54. The van der Waals surface area contributed by atoms with Crippen LogP contribution in [0.3, 0.4) is 0 Å². The Kier molecular flexibility index (Phi) is 2.27. The zero-order valence-corrected chi connectivity index (χ0v) is 8.18. The minimum Gasteiger partial charge on any atom is -0.469 e. The van der Waals surface area contributed by atoms with Crippen LogP contribution in [0.2, 0.25) is 0 Å². The van der Waals surface area contributed by atoms with Crippen LogP contribution in [0.15, 0.2) is 11.6 Å². The Labute approximate surface area is 73.6 Å². The van der Waals surface area contributed by atoms with E-state index in [0.717, 1.165) is 6.42 Å². The van der Waals surface area contributed by atoms with Gasteiger partial charge in [-0.05, 0) is 33.1 Å². The normalized spacial score (nSPS) is 32.5. The molecule has 2 heteroatoms. The number of ether oxygens (including phenoxy) is 1. The van der Waals surface area contributed by atoms with E-state index in [1.807, 2.05) is 6.92 Å². The Balaban J connectivity index is 2.60. The summed E-state index contributed by atoms with van der Waals surface area (Å²) < 4.78 is 4.72. The zero-order valence-electron chi connectivity index (χ0n) is 8.18. The van der Waals surface area contributed by atoms with Crippen LogP contribution in [-0.4, -0.2) is 13.1 Å². The minimum atomic E-state index is -0.230. The Hall–Kier alpha value is -0.790. The van der Waals surface area contributed by atoms with E-state index >= 15 is 0 Å². The third kappa shape index (κ3) is 1.52. The summed E-state index contributed by atoms with van der Waals surface area (Å²) in [6, 6.07) is 0. The Morgan fingerprint density at radius 2 is 2.17 bits per heavy atom. The molecule has 1 fully saturated rings. The molecular weight excluding hydrogens is 152 g/mol. The van der Waals surface area contributed by atoms with Crippen LogP contribution in [0, 0.1) is 11.3 Å². The van der Waals surface area contributed by atoms with Crippen molar-refractivity contribution in [2.75, 3.05) is 7.11 Å². The van der Waals surface area contributed by atoms with E-state index in [2.05, 4.69) is 19.9 Å².